The van der Waals surface area contributed by atoms with Crippen LogP contribution in [0.15, 0.2) is 96.4 Å². The maximum Gasteiger partial charge on any atom is 0.345 e. The number of ether oxygens (including phenoxy) is 2. The van der Waals surface area contributed by atoms with Crippen LogP contribution in [0.3, 0.4) is 0 Å². The zero-order chi connectivity index (χ0) is 23.7. The molecule has 3 nitrogen and oxygen atoms in total. The second kappa shape index (κ2) is 8.96. The fraction of sp³-hybridized carbons (Fsp3) is 0.167. The molecule has 0 saturated carbocycles. The molecule has 0 spiro atoms. The third kappa shape index (κ3) is 4.29. The highest BCUT2D eigenvalue weighted by Gasteiger charge is 2.27. The maximum atomic E-state index is 12.6. The predicted octanol–water partition coefficient (Wildman–Crippen LogP) is 7.90. The molecule has 4 aromatic carbocycles. The summed E-state index contributed by atoms with van der Waals surface area (Å²) in [7, 11) is -0.0722. The molecule has 0 aliphatic carbocycles. The van der Waals surface area contributed by atoms with Crippen molar-refractivity contribution in [1.82, 2.24) is 0 Å². The van der Waals surface area contributed by atoms with Gasteiger partial charge in [0.05, 0.1) is 0 Å². The van der Waals surface area contributed by atoms with Crippen LogP contribution in [0.5, 0.6) is 5.75 Å². The zero-order valence-electron chi connectivity index (χ0n) is 19.6. The smallest absolute Gasteiger partial charge is 0.345 e. The van der Waals surface area contributed by atoms with Crippen LogP contribution in [0.1, 0.15) is 25.0 Å². The highest BCUT2D eigenvalue weighted by Crippen LogP contribution is 2.42. The van der Waals surface area contributed by atoms with Gasteiger partial charge in [-0.3, -0.25) is 0 Å². The molecule has 4 heteroatoms. The number of fused-ring (bicyclic) bond motifs is 2. The van der Waals surface area contributed by atoms with E-state index in [-0.39, 0.29) is 17.1 Å². The van der Waals surface area contributed by atoms with E-state index >= 15 is 0 Å². The number of aryl methyl sites for hydroxylation is 1. The molecule has 1 aromatic heterocycles. The number of benzene rings is 4. The van der Waals surface area contributed by atoms with Crippen molar-refractivity contribution >= 4 is 37.3 Å². The Bertz CT molecular complexity index is 1470. The summed E-state index contributed by atoms with van der Waals surface area (Å²) in [6, 6.07) is 30.7. The number of esters is 1. The van der Waals surface area contributed by atoms with Crippen LogP contribution in [-0.2, 0) is 15.1 Å². The lowest BCUT2D eigenvalue weighted by molar-refractivity contribution is -0.159. The van der Waals surface area contributed by atoms with Crippen molar-refractivity contribution in [3.05, 3.63) is 108 Å². The highest BCUT2D eigenvalue weighted by molar-refractivity contribution is 7.43. The van der Waals surface area contributed by atoms with Gasteiger partial charge in [0.1, 0.15) is 16.7 Å². The van der Waals surface area contributed by atoms with Gasteiger partial charge in [0.25, 0.3) is 0 Å². The van der Waals surface area contributed by atoms with Gasteiger partial charge in [-0.05, 0) is 55.8 Å². The summed E-state index contributed by atoms with van der Waals surface area (Å²) in [5.41, 5.74) is 1.52. The van der Waals surface area contributed by atoms with E-state index in [0.717, 1.165) is 16.3 Å². The standard InChI is InChI=1S/C30H27O3S/c1-21-20-34(28-14-7-6-11-25(21)28)24-17-15-23(16-18-24)32-19-29(31)33-30(2,3)27-13-8-10-22-9-4-5-12-26(22)27/h4-18,20H,19H2,1-3H3/q+1. The average Bonchev–Trinajstić information content (AvgIpc) is 3.19. The maximum absolute atomic E-state index is 12.6. The number of thiophene rings is 1. The van der Waals surface area contributed by atoms with E-state index in [1.165, 1.54) is 20.5 Å². The molecule has 0 radical (unpaired) electrons. The summed E-state index contributed by atoms with van der Waals surface area (Å²) in [5, 5.41) is 5.85. The molecule has 170 valence electrons. The van der Waals surface area contributed by atoms with E-state index in [0.29, 0.717) is 5.75 Å². The molecular formula is C30H27O3S+. The quantitative estimate of drug-likeness (QED) is 0.188. The topological polar surface area (TPSA) is 35.5 Å². The van der Waals surface area contributed by atoms with Gasteiger partial charge in [-0.15, -0.1) is 0 Å². The van der Waals surface area contributed by atoms with Crippen LogP contribution < -0.4 is 4.74 Å². The molecule has 1 unspecified atom stereocenters. The van der Waals surface area contributed by atoms with E-state index < -0.39 is 11.6 Å². The van der Waals surface area contributed by atoms with Crippen LogP contribution in [0.2, 0.25) is 0 Å². The van der Waals surface area contributed by atoms with E-state index in [1.807, 2.05) is 50.2 Å². The minimum Gasteiger partial charge on any atom is -0.482 e. The number of hydrogen-bond acceptors (Lipinski definition) is 3. The fourth-order valence-corrected chi connectivity index (χ4v) is 6.55. The molecular weight excluding hydrogens is 440 g/mol. The first-order chi connectivity index (χ1) is 16.4. The molecule has 0 aliphatic rings. The number of carbonyl (C=O) groups is 1. The van der Waals surface area contributed by atoms with E-state index in [9.17, 15) is 4.79 Å². The molecule has 0 N–H and O–H groups in total. The summed E-state index contributed by atoms with van der Waals surface area (Å²) in [6.07, 6.45) is 0. The number of hydrogen-bond donors (Lipinski definition) is 0. The second-order valence-corrected chi connectivity index (χ2v) is 10.7. The summed E-state index contributed by atoms with van der Waals surface area (Å²) in [5.74, 6) is 0.257. The van der Waals surface area contributed by atoms with Gasteiger partial charge in [0.15, 0.2) is 16.2 Å². The third-order valence-corrected chi connectivity index (χ3v) is 8.28. The normalized spacial score (nSPS) is 12.1. The van der Waals surface area contributed by atoms with Crippen LogP contribution >= 0.6 is 10.5 Å². The lowest BCUT2D eigenvalue weighted by Gasteiger charge is -2.27. The van der Waals surface area contributed by atoms with Crippen molar-refractivity contribution in [1.29, 1.82) is 0 Å². The predicted molar refractivity (Wildman–Crippen MR) is 141 cm³/mol. The Morgan fingerprint density at radius 1 is 0.824 bits per heavy atom. The van der Waals surface area contributed by atoms with Crippen molar-refractivity contribution in [3.8, 4) is 10.6 Å². The molecule has 0 fully saturated rings. The van der Waals surface area contributed by atoms with Gasteiger partial charge in [-0.2, -0.15) is 0 Å². The van der Waals surface area contributed by atoms with Crippen molar-refractivity contribution in [2.24, 2.45) is 0 Å². The van der Waals surface area contributed by atoms with Crippen molar-refractivity contribution in [2.45, 2.75) is 26.4 Å². The zero-order valence-corrected chi connectivity index (χ0v) is 20.4. The molecule has 34 heavy (non-hydrogen) atoms. The lowest BCUT2D eigenvalue weighted by atomic mass is 9.92. The van der Waals surface area contributed by atoms with Gasteiger partial charge in [-0.25, -0.2) is 4.79 Å². The summed E-state index contributed by atoms with van der Waals surface area (Å²) >= 11 is 0. The highest BCUT2D eigenvalue weighted by atomic mass is 32.2. The molecule has 1 atom stereocenters. The molecule has 0 aliphatic heterocycles. The van der Waals surface area contributed by atoms with Crippen molar-refractivity contribution in [3.63, 3.8) is 0 Å². The average molecular weight is 468 g/mol. The van der Waals surface area contributed by atoms with Crippen LogP contribution in [0.25, 0.3) is 25.8 Å². The van der Waals surface area contributed by atoms with Crippen molar-refractivity contribution in [2.75, 3.05) is 6.61 Å². The number of carbonyl (C=O) groups excluding carboxylic acids is 1. The Kier molecular flexibility index (Phi) is 5.84. The number of rotatable bonds is 6. The van der Waals surface area contributed by atoms with E-state index in [2.05, 4.69) is 66.9 Å². The van der Waals surface area contributed by atoms with Gasteiger partial charge in [0, 0.05) is 39.1 Å². The van der Waals surface area contributed by atoms with Gasteiger partial charge < -0.3 is 9.47 Å². The Labute approximate surface area is 202 Å². The molecule has 0 bridgehead atoms. The van der Waals surface area contributed by atoms with Gasteiger partial charge >= 0.3 is 5.97 Å². The molecule has 5 aromatic rings. The molecule has 0 saturated heterocycles. The Morgan fingerprint density at radius 2 is 1.50 bits per heavy atom. The second-order valence-electron chi connectivity index (χ2n) is 8.91. The summed E-state index contributed by atoms with van der Waals surface area (Å²) in [4.78, 5) is 13.9. The molecule has 5 rings (SSSR count). The first-order valence-corrected chi connectivity index (χ1v) is 12.6. The lowest BCUT2D eigenvalue weighted by Crippen LogP contribution is -2.28. The SMILES string of the molecule is Cc1c[s+](-c2ccc(OCC(=O)OC(C)(C)c3cccc4ccccc34)cc2)c2ccccc12. The first kappa shape index (κ1) is 22.2. The monoisotopic (exact) mass is 467 g/mol. The van der Waals surface area contributed by atoms with Crippen LogP contribution in [-0.4, -0.2) is 12.6 Å². The van der Waals surface area contributed by atoms with Crippen LogP contribution in [0, 0.1) is 6.92 Å². The summed E-state index contributed by atoms with van der Waals surface area (Å²) < 4.78 is 13.0. The van der Waals surface area contributed by atoms with Gasteiger partial charge in [0.2, 0.25) is 0 Å². The Hall–Kier alpha value is -3.63. The summed E-state index contributed by atoms with van der Waals surface area (Å²) in [6.45, 7) is 5.85. The minimum atomic E-state index is -0.771. The molecule has 0 amide bonds. The third-order valence-electron chi connectivity index (χ3n) is 6.09. The minimum absolute atomic E-state index is 0.0722. The first-order valence-electron chi connectivity index (χ1n) is 11.4. The fourth-order valence-electron chi connectivity index (χ4n) is 4.43. The van der Waals surface area contributed by atoms with E-state index in [1.54, 1.807) is 0 Å². The Morgan fingerprint density at radius 3 is 2.29 bits per heavy atom. The molecule has 1 heterocycles. The van der Waals surface area contributed by atoms with Crippen molar-refractivity contribution < 1.29 is 14.3 Å². The van der Waals surface area contributed by atoms with Gasteiger partial charge in [-0.1, -0.05) is 54.6 Å². The Balaban J connectivity index is 1.26. The van der Waals surface area contributed by atoms with E-state index in [4.69, 9.17) is 9.47 Å². The van der Waals surface area contributed by atoms with Crippen LogP contribution in [0.4, 0.5) is 0 Å². The largest absolute Gasteiger partial charge is 0.482 e.